The van der Waals surface area contributed by atoms with Gasteiger partial charge in [0.25, 0.3) is 0 Å². The van der Waals surface area contributed by atoms with Crippen LogP contribution in [0.4, 0.5) is 0 Å². The SMILES string of the molecule is COc1cc(CC2=CCC(CCc3ccccc3)(c3ccccc3)OC2=O)ccc1O. The standard InChI is InChI=1S/C27H26O4/c1-30-25-19-21(12-13-24(25)28)18-22-15-17-27(31-26(22)29,23-10-6-3-7-11-23)16-14-20-8-4-2-5-9-20/h2-13,15,19,28H,14,16-18H2,1H3. The lowest BCUT2D eigenvalue weighted by Crippen LogP contribution is -2.36. The Morgan fingerprint density at radius 1 is 0.968 bits per heavy atom. The van der Waals surface area contributed by atoms with Crippen LogP contribution in [-0.4, -0.2) is 18.2 Å². The monoisotopic (exact) mass is 414 g/mol. The van der Waals surface area contributed by atoms with E-state index in [0.717, 1.165) is 17.5 Å². The van der Waals surface area contributed by atoms with Gasteiger partial charge in [-0.05, 0) is 41.7 Å². The van der Waals surface area contributed by atoms with Crippen LogP contribution < -0.4 is 4.74 Å². The quantitative estimate of drug-likeness (QED) is 0.530. The highest BCUT2D eigenvalue weighted by molar-refractivity contribution is 5.90. The number of carbonyl (C=O) groups is 1. The largest absolute Gasteiger partial charge is 0.504 e. The minimum Gasteiger partial charge on any atom is -0.504 e. The summed E-state index contributed by atoms with van der Waals surface area (Å²) >= 11 is 0. The third kappa shape index (κ3) is 4.64. The Labute approximate surface area is 182 Å². The summed E-state index contributed by atoms with van der Waals surface area (Å²) in [7, 11) is 1.51. The number of aryl methyl sites for hydroxylation is 1. The second-order valence-electron chi connectivity index (χ2n) is 7.85. The van der Waals surface area contributed by atoms with Gasteiger partial charge in [0, 0.05) is 18.4 Å². The summed E-state index contributed by atoms with van der Waals surface area (Å²) in [6.45, 7) is 0. The average molecular weight is 415 g/mol. The average Bonchev–Trinajstić information content (AvgIpc) is 2.82. The molecule has 1 heterocycles. The Balaban J connectivity index is 1.58. The molecule has 4 heteroatoms. The summed E-state index contributed by atoms with van der Waals surface area (Å²) in [6.07, 6.45) is 4.59. The lowest BCUT2D eigenvalue weighted by Gasteiger charge is -2.37. The molecule has 0 saturated carbocycles. The van der Waals surface area contributed by atoms with Gasteiger partial charge in [-0.1, -0.05) is 72.8 Å². The molecule has 0 aliphatic carbocycles. The number of hydrogen-bond donors (Lipinski definition) is 1. The van der Waals surface area contributed by atoms with Crippen molar-refractivity contribution in [1.29, 1.82) is 0 Å². The molecule has 1 atom stereocenters. The molecule has 3 aromatic rings. The molecule has 0 bridgehead atoms. The molecule has 3 aromatic carbocycles. The first-order chi connectivity index (χ1) is 15.1. The van der Waals surface area contributed by atoms with E-state index in [1.54, 1.807) is 18.2 Å². The highest BCUT2D eigenvalue weighted by Crippen LogP contribution is 2.39. The van der Waals surface area contributed by atoms with Gasteiger partial charge in [0.2, 0.25) is 0 Å². The van der Waals surface area contributed by atoms with E-state index < -0.39 is 5.60 Å². The fraction of sp³-hybridized carbons (Fsp3) is 0.222. The Morgan fingerprint density at radius 3 is 2.35 bits per heavy atom. The Morgan fingerprint density at radius 2 is 1.68 bits per heavy atom. The molecule has 0 spiro atoms. The van der Waals surface area contributed by atoms with Crippen LogP contribution in [0.2, 0.25) is 0 Å². The van der Waals surface area contributed by atoms with Crippen LogP contribution in [0.15, 0.2) is 90.5 Å². The summed E-state index contributed by atoms with van der Waals surface area (Å²) in [5.41, 5.74) is 3.07. The molecule has 1 aliphatic heterocycles. The van der Waals surface area contributed by atoms with E-state index >= 15 is 0 Å². The van der Waals surface area contributed by atoms with E-state index in [1.807, 2.05) is 54.6 Å². The number of hydrogen-bond acceptors (Lipinski definition) is 4. The molecular formula is C27H26O4. The highest BCUT2D eigenvalue weighted by Gasteiger charge is 2.39. The van der Waals surface area contributed by atoms with Gasteiger partial charge in [0.05, 0.1) is 7.11 Å². The Kier molecular flexibility index (Phi) is 6.08. The Hall–Kier alpha value is -3.53. The van der Waals surface area contributed by atoms with Crippen molar-refractivity contribution >= 4 is 5.97 Å². The number of carbonyl (C=O) groups excluding carboxylic acids is 1. The molecule has 0 amide bonds. The van der Waals surface area contributed by atoms with Gasteiger partial charge in [-0.25, -0.2) is 4.79 Å². The molecule has 31 heavy (non-hydrogen) atoms. The lowest BCUT2D eigenvalue weighted by atomic mass is 9.82. The van der Waals surface area contributed by atoms with Crippen LogP contribution >= 0.6 is 0 Å². The Bertz CT molecular complexity index is 1070. The maximum absolute atomic E-state index is 13.0. The summed E-state index contributed by atoms with van der Waals surface area (Å²) in [6, 6.07) is 25.4. The van der Waals surface area contributed by atoms with Crippen LogP contribution in [0.1, 0.15) is 29.5 Å². The van der Waals surface area contributed by atoms with Crippen molar-refractivity contribution in [2.45, 2.75) is 31.3 Å². The highest BCUT2D eigenvalue weighted by atomic mass is 16.6. The van der Waals surface area contributed by atoms with Crippen molar-refractivity contribution in [3.05, 3.63) is 107 Å². The summed E-state index contributed by atoms with van der Waals surface area (Å²) in [5, 5.41) is 9.81. The second-order valence-corrected chi connectivity index (χ2v) is 7.85. The first-order valence-electron chi connectivity index (χ1n) is 10.5. The van der Waals surface area contributed by atoms with E-state index in [0.29, 0.717) is 30.6 Å². The molecule has 158 valence electrons. The minimum absolute atomic E-state index is 0.0791. The number of aromatic hydroxyl groups is 1. The number of methoxy groups -OCH3 is 1. The van der Waals surface area contributed by atoms with Crippen molar-refractivity contribution < 1.29 is 19.4 Å². The smallest absolute Gasteiger partial charge is 0.334 e. The second kappa shape index (κ2) is 9.09. The molecule has 0 radical (unpaired) electrons. The zero-order valence-corrected chi connectivity index (χ0v) is 17.6. The third-order valence-electron chi connectivity index (χ3n) is 5.83. The van der Waals surface area contributed by atoms with Gasteiger partial charge in [-0.15, -0.1) is 0 Å². The lowest BCUT2D eigenvalue weighted by molar-refractivity contribution is -0.159. The van der Waals surface area contributed by atoms with E-state index in [2.05, 4.69) is 12.1 Å². The fourth-order valence-electron chi connectivity index (χ4n) is 4.06. The van der Waals surface area contributed by atoms with Crippen LogP contribution in [0, 0.1) is 0 Å². The molecule has 0 aromatic heterocycles. The topological polar surface area (TPSA) is 55.8 Å². The van der Waals surface area contributed by atoms with Gasteiger partial charge in [0.15, 0.2) is 11.5 Å². The summed E-state index contributed by atoms with van der Waals surface area (Å²) in [4.78, 5) is 13.0. The molecule has 4 nitrogen and oxygen atoms in total. The van der Waals surface area contributed by atoms with Crippen LogP contribution in [-0.2, 0) is 28.0 Å². The summed E-state index contributed by atoms with van der Waals surface area (Å²) in [5.74, 6) is 0.175. The number of ether oxygens (including phenoxy) is 2. The fourth-order valence-corrected chi connectivity index (χ4v) is 4.06. The third-order valence-corrected chi connectivity index (χ3v) is 5.83. The molecule has 0 fully saturated rings. The number of cyclic esters (lactones) is 1. The maximum Gasteiger partial charge on any atom is 0.334 e. The van der Waals surface area contributed by atoms with Gasteiger partial charge in [0.1, 0.15) is 5.60 Å². The van der Waals surface area contributed by atoms with Gasteiger partial charge >= 0.3 is 5.97 Å². The molecule has 0 saturated heterocycles. The van der Waals surface area contributed by atoms with Crippen molar-refractivity contribution in [1.82, 2.24) is 0 Å². The molecular weight excluding hydrogens is 388 g/mol. The minimum atomic E-state index is -0.676. The zero-order chi connectivity index (χ0) is 21.7. The van der Waals surface area contributed by atoms with Crippen molar-refractivity contribution in [3.8, 4) is 11.5 Å². The number of benzene rings is 3. The summed E-state index contributed by atoms with van der Waals surface area (Å²) < 4.78 is 11.3. The van der Waals surface area contributed by atoms with Crippen LogP contribution in [0.25, 0.3) is 0 Å². The first kappa shape index (κ1) is 20.7. The van der Waals surface area contributed by atoms with Gasteiger partial charge in [-0.2, -0.15) is 0 Å². The molecule has 1 N–H and O–H groups in total. The van der Waals surface area contributed by atoms with E-state index in [-0.39, 0.29) is 11.7 Å². The predicted octanol–water partition coefficient (Wildman–Crippen LogP) is 5.34. The van der Waals surface area contributed by atoms with Gasteiger partial charge < -0.3 is 14.6 Å². The number of esters is 1. The number of phenols is 1. The number of phenolic OH excluding ortho intramolecular Hbond substituents is 1. The van der Waals surface area contributed by atoms with Crippen LogP contribution in [0.5, 0.6) is 11.5 Å². The maximum atomic E-state index is 13.0. The van der Waals surface area contributed by atoms with E-state index in [9.17, 15) is 9.90 Å². The van der Waals surface area contributed by atoms with Crippen LogP contribution in [0.3, 0.4) is 0 Å². The zero-order valence-electron chi connectivity index (χ0n) is 17.6. The van der Waals surface area contributed by atoms with E-state index in [1.165, 1.54) is 12.7 Å². The molecule has 1 unspecified atom stereocenters. The van der Waals surface area contributed by atoms with Gasteiger partial charge in [-0.3, -0.25) is 0 Å². The molecule has 1 aliphatic rings. The van der Waals surface area contributed by atoms with Crippen molar-refractivity contribution in [2.75, 3.05) is 7.11 Å². The van der Waals surface area contributed by atoms with Crippen molar-refractivity contribution in [3.63, 3.8) is 0 Å². The van der Waals surface area contributed by atoms with Crippen molar-refractivity contribution in [2.24, 2.45) is 0 Å². The molecule has 4 rings (SSSR count). The normalized spacial score (nSPS) is 18.2. The predicted molar refractivity (Wildman–Crippen MR) is 120 cm³/mol. The number of rotatable bonds is 7. The first-order valence-corrected chi connectivity index (χ1v) is 10.5. The van der Waals surface area contributed by atoms with E-state index in [4.69, 9.17) is 9.47 Å².